The first-order valence-corrected chi connectivity index (χ1v) is 12.1. The molecule has 0 radical (unpaired) electrons. The van der Waals surface area contributed by atoms with Gasteiger partial charge in [0, 0.05) is 0 Å². The second-order valence-electron chi connectivity index (χ2n) is 8.44. The van der Waals surface area contributed by atoms with Crippen LogP contribution in [0.5, 0.6) is 0 Å². The molecule has 6 heteroatoms. The smallest absolute Gasteiger partial charge is 0.340 e. The Morgan fingerprint density at radius 1 is 1.15 bits per heavy atom. The molecular formula is C20H31NO4Si. The zero-order chi connectivity index (χ0) is 19.7. The third kappa shape index (κ3) is 4.01. The van der Waals surface area contributed by atoms with Gasteiger partial charge in [-0.2, -0.15) is 0 Å². The molecule has 1 saturated heterocycles. The lowest BCUT2D eigenvalue weighted by Crippen LogP contribution is -2.65. The Hall–Kier alpha value is -1.66. The minimum absolute atomic E-state index is 0.0533. The minimum Gasteiger partial charge on any atom is -0.437 e. The van der Waals surface area contributed by atoms with Crippen LogP contribution in [0.15, 0.2) is 30.3 Å². The van der Waals surface area contributed by atoms with Gasteiger partial charge < -0.3 is 14.5 Å². The van der Waals surface area contributed by atoms with E-state index >= 15 is 0 Å². The molecular weight excluding hydrogens is 346 g/mol. The largest absolute Gasteiger partial charge is 0.437 e. The zero-order valence-corrected chi connectivity index (χ0v) is 17.8. The number of ether oxygens (including phenoxy) is 1. The molecule has 1 aliphatic rings. The maximum atomic E-state index is 12.3. The van der Waals surface area contributed by atoms with Crippen molar-refractivity contribution in [3.8, 4) is 0 Å². The fourth-order valence-electron chi connectivity index (χ4n) is 3.07. The van der Waals surface area contributed by atoms with Gasteiger partial charge in [0.15, 0.2) is 14.5 Å². The molecule has 0 bridgehead atoms. The Balaban J connectivity index is 2.04. The van der Waals surface area contributed by atoms with Gasteiger partial charge in [-0.15, -0.1) is 0 Å². The van der Waals surface area contributed by atoms with E-state index in [9.17, 15) is 9.59 Å². The van der Waals surface area contributed by atoms with Crippen LogP contribution in [0.2, 0.25) is 18.1 Å². The van der Waals surface area contributed by atoms with E-state index in [1.165, 1.54) is 0 Å². The average molecular weight is 378 g/mol. The lowest BCUT2D eigenvalue weighted by molar-refractivity contribution is -0.154. The number of β-lactam (4-membered cyclic amide) rings is 1. The molecule has 26 heavy (non-hydrogen) atoms. The SMILES string of the molecule is CC(C)C(C)(C)[Si](C)(C)O[C@H](C)[C@H]1C(=O)N[C@@H]1OC(=O)c1ccccc1. The first-order valence-electron chi connectivity index (χ1n) is 9.21. The number of hydrogen-bond acceptors (Lipinski definition) is 4. The van der Waals surface area contributed by atoms with Gasteiger partial charge in [0.05, 0.1) is 11.7 Å². The Bertz CT molecular complexity index is 657. The Morgan fingerprint density at radius 3 is 2.23 bits per heavy atom. The molecule has 144 valence electrons. The highest BCUT2D eigenvalue weighted by molar-refractivity contribution is 6.74. The van der Waals surface area contributed by atoms with Crippen molar-refractivity contribution in [1.29, 1.82) is 0 Å². The number of benzene rings is 1. The summed E-state index contributed by atoms with van der Waals surface area (Å²) in [6.07, 6.45) is -0.950. The third-order valence-electron chi connectivity index (χ3n) is 6.14. The molecule has 1 amide bonds. The average Bonchev–Trinajstić information content (AvgIpc) is 2.53. The summed E-state index contributed by atoms with van der Waals surface area (Å²) in [4.78, 5) is 24.4. The van der Waals surface area contributed by atoms with Crippen LogP contribution in [-0.4, -0.2) is 32.5 Å². The Morgan fingerprint density at radius 2 is 1.73 bits per heavy atom. The van der Waals surface area contributed by atoms with Gasteiger partial charge in [-0.3, -0.25) is 4.79 Å². The molecule has 0 saturated carbocycles. The summed E-state index contributed by atoms with van der Waals surface area (Å²) in [5, 5.41) is 2.73. The molecule has 2 rings (SSSR count). The van der Waals surface area contributed by atoms with Gasteiger partial charge in [0.2, 0.25) is 5.91 Å². The van der Waals surface area contributed by atoms with Crippen LogP contribution in [0.25, 0.3) is 0 Å². The maximum Gasteiger partial charge on any atom is 0.340 e. The molecule has 1 heterocycles. The van der Waals surface area contributed by atoms with Crippen molar-refractivity contribution in [2.24, 2.45) is 11.8 Å². The molecule has 1 fully saturated rings. The normalized spacial score (nSPS) is 21.8. The first-order chi connectivity index (χ1) is 12.0. The van der Waals surface area contributed by atoms with Crippen molar-refractivity contribution in [2.75, 3.05) is 0 Å². The molecule has 5 nitrogen and oxygen atoms in total. The third-order valence-corrected chi connectivity index (χ3v) is 10.8. The first kappa shape index (κ1) is 20.6. The van der Waals surface area contributed by atoms with Gasteiger partial charge in [-0.25, -0.2) is 4.79 Å². The van der Waals surface area contributed by atoms with Crippen molar-refractivity contribution in [3.05, 3.63) is 35.9 Å². The topological polar surface area (TPSA) is 64.6 Å². The van der Waals surface area contributed by atoms with Crippen molar-refractivity contribution in [2.45, 2.75) is 65.1 Å². The molecule has 0 aliphatic carbocycles. The summed E-state index contributed by atoms with van der Waals surface area (Å²) in [6.45, 7) is 15.1. The van der Waals surface area contributed by atoms with E-state index in [4.69, 9.17) is 9.16 Å². The summed E-state index contributed by atoms with van der Waals surface area (Å²) < 4.78 is 11.9. The highest BCUT2D eigenvalue weighted by atomic mass is 28.4. The molecule has 0 spiro atoms. The van der Waals surface area contributed by atoms with Crippen LogP contribution in [0.1, 0.15) is 45.0 Å². The minimum atomic E-state index is -2.09. The quantitative estimate of drug-likeness (QED) is 0.444. The molecule has 0 unspecified atom stereocenters. The van der Waals surface area contributed by atoms with Crippen LogP contribution in [0.3, 0.4) is 0 Å². The van der Waals surface area contributed by atoms with Crippen LogP contribution in [0.4, 0.5) is 0 Å². The summed E-state index contributed by atoms with van der Waals surface area (Å²) in [6, 6.07) is 8.78. The molecule has 3 atom stereocenters. The fraction of sp³-hybridized carbons (Fsp3) is 0.600. The van der Waals surface area contributed by atoms with Crippen LogP contribution in [-0.2, 0) is 14.0 Å². The number of amides is 1. The molecule has 1 aliphatic heterocycles. The van der Waals surface area contributed by atoms with Crippen LogP contribution in [0, 0.1) is 11.8 Å². The molecule has 1 aromatic rings. The predicted octanol–water partition coefficient (Wildman–Crippen LogP) is 3.96. The van der Waals surface area contributed by atoms with Crippen molar-refractivity contribution < 1.29 is 18.8 Å². The van der Waals surface area contributed by atoms with Gasteiger partial charge in [-0.1, -0.05) is 45.9 Å². The maximum absolute atomic E-state index is 12.3. The van der Waals surface area contributed by atoms with Crippen molar-refractivity contribution in [1.82, 2.24) is 5.32 Å². The molecule has 1 N–H and O–H groups in total. The van der Waals surface area contributed by atoms with Crippen LogP contribution < -0.4 is 5.32 Å². The fourth-order valence-corrected chi connectivity index (χ4v) is 5.84. The number of carbonyl (C=O) groups is 2. The molecule has 0 aromatic heterocycles. The van der Waals surface area contributed by atoms with E-state index in [-0.39, 0.29) is 17.0 Å². The standard InChI is InChI=1S/C20H31NO4Si/c1-13(2)20(4,5)26(6,7)25-14(3)16-17(22)21-18(16)24-19(23)15-11-9-8-10-12-15/h8-14,16,18H,1-7H3,(H,21,22)/t14-,16+,18-/m1/s1. The summed E-state index contributed by atoms with van der Waals surface area (Å²) in [5.41, 5.74) is 0.469. The summed E-state index contributed by atoms with van der Waals surface area (Å²) in [5.74, 6) is -0.571. The van der Waals surface area contributed by atoms with E-state index in [0.717, 1.165) is 0 Å². The summed E-state index contributed by atoms with van der Waals surface area (Å²) in [7, 11) is -2.09. The number of hydrogen-bond donors (Lipinski definition) is 1. The van der Waals surface area contributed by atoms with Crippen LogP contribution >= 0.6 is 0 Å². The number of esters is 1. The number of rotatable bonds is 7. The lowest BCUT2D eigenvalue weighted by atomic mass is 9.93. The van der Waals surface area contributed by atoms with E-state index in [2.05, 4.69) is 46.1 Å². The van der Waals surface area contributed by atoms with E-state index in [0.29, 0.717) is 11.5 Å². The van der Waals surface area contributed by atoms with Crippen molar-refractivity contribution in [3.63, 3.8) is 0 Å². The van der Waals surface area contributed by atoms with Gasteiger partial charge in [0.1, 0.15) is 5.92 Å². The molecule has 1 aromatic carbocycles. The van der Waals surface area contributed by atoms with Gasteiger partial charge in [-0.05, 0) is 43.1 Å². The predicted molar refractivity (Wildman–Crippen MR) is 104 cm³/mol. The second-order valence-corrected chi connectivity index (χ2v) is 13.0. The van der Waals surface area contributed by atoms with Gasteiger partial charge >= 0.3 is 5.97 Å². The van der Waals surface area contributed by atoms with E-state index in [1.54, 1.807) is 24.3 Å². The zero-order valence-electron chi connectivity index (χ0n) is 16.8. The summed E-state index contributed by atoms with van der Waals surface area (Å²) >= 11 is 0. The Labute approximate surface area is 157 Å². The second kappa shape index (κ2) is 7.52. The van der Waals surface area contributed by atoms with E-state index < -0.39 is 26.4 Å². The van der Waals surface area contributed by atoms with Crippen molar-refractivity contribution >= 4 is 20.2 Å². The monoisotopic (exact) mass is 377 g/mol. The lowest BCUT2D eigenvalue weighted by Gasteiger charge is -2.47. The van der Waals surface area contributed by atoms with E-state index in [1.807, 2.05) is 13.0 Å². The highest BCUT2D eigenvalue weighted by Gasteiger charge is 2.50. The van der Waals surface area contributed by atoms with Gasteiger partial charge in [0.25, 0.3) is 0 Å². The Kier molecular flexibility index (Phi) is 5.98. The number of carbonyl (C=O) groups excluding carboxylic acids is 2. The highest BCUT2D eigenvalue weighted by Crippen LogP contribution is 2.45. The number of nitrogens with one attached hydrogen (secondary N) is 1.